The zero-order valence-electron chi connectivity index (χ0n) is 63.5. The predicted molar refractivity (Wildman–Crippen MR) is 417 cm³/mol. The number of phosphoric ester groups is 2. The largest absolute Gasteiger partial charge is 0.472 e. The summed E-state index contributed by atoms with van der Waals surface area (Å²) in [4.78, 5) is 72.9. The molecule has 0 aromatic heterocycles. The number of carbonyl (C=O) groups excluding carboxylic acids is 4. The van der Waals surface area contributed by atoms with Gasteiger partial charge in [0.2, 0.25) is 0 Å². The van der Waals surface area contributed by atoms with Crippen LogP contribution in [0.5, 0.6) is 0 Å². The molecule has 102 heavy (non-hydrogen) atoms. The van der Waals surface area contributed by atoms with Crippen LogP contribution in [0.15, 0.2) is 146 Å². The number of esters is 4. The molecule has 0 saturated carbocycles. The van der Waals surface area contributed by atoms with Crippen LogP contribution in [0.1, 0.15) is 297 Å². The van der Waals surface area contributed by atoms with Gasteiger partial charge in [0.1, 0.15) is 19.3 Å². The van der Waals surface area contributed by atoms with Gasteiger partial charge in [-0.15, -0.1) is 0 Å². The highest BCUT2D eigenvalue weighted by molar-refractivity contribution is 7.47. The van der Waals surface area contributed by atoms with Crippen LogP contribution in [0.25, 0.3) is 0 Å². The number of ether oxygens (including phenoxy) is 4. The van der Waals surface area contributed by atoms with Crippen molar-refractivity contribution >= 4 is 39.5 Å². The number of hydrogen-bond acceptors (Lipinski definition) is 15. The summed E-state index contributed by atoms with van der Waals surface area (Å²) >= 11 is 0. The van der Waals surface area contributed by atoms with Crippen molar-refractivity contribution in [3.63, 3.8) is 0 Å². The van der Waals surface area contributed by atoms with Crippen LogP contribution < -0.4 is 0 Å². The molecule has 0 aromatic rings. The minimum atomic E-state index is -5.00. The van der Waals surface area contributed by atoms with Crippen molar-refractivity contribution in [3.05, 3.63) is 146 Å². The van der Waals surface area contributed by atoms with E-state index in [1.165, 1.54) is 51.4 Å². The van der Waals surface area contributed by atoms with Gasteiger partial charge >= 0.3 is 39.5 Å². The van der Waals surface area contributed by atoms with E-state index in [1.807, 2.05) is 18.2 Å². The van der Waals surface area contributed by atoms with Crippen molar-refractivity contribution in [2.45, 2.75) is 316 Å². The molecule has 0 aliphatic heterocycles. The van der Waals surface area contributed by atoms with Crippen LogP contribution in [0, 0.1) is 0 Å². The SMILES string of the molecule is CC/C=C\C/C=C\C/C=C\C/C=C\C/C=C\C/C=C\CCC(=O)OCC(COP(=O)(O)OCC(O)COP(=O)(O)OCC(COC(=O)CCCCCC/C=C\C/C=C\C/C=C\C/C=C\CC)OC(=O)CCCCCCC/C=C\CCCC)OC(=O)CCCCCCC/C=C\CCCCCCCC. The maximum atomic E-state index is 13.1. The third kappa shape index (κ3) is 73.3. The summed E-state index contributed by atoms with van der Waals surface area (Å²) in [6.07, 6.45) is 84.2. The Morgan fingerprint density at radius 2 is 0.539 bits per heavy atom. The zero-order chi connectivity index (χ0) is 74.6. The molecule has 0 fully saturated rings. The number of aliphatic hydroxyl groups excluding tert-OH is 1. The minimum absolute atomic E-state index is 0.0310. The minimum Gasteiger partial charge on any atom is -0.462 e. The Morgan fingerprint density at radius 1 is 0.284 bits per heavy atom. The van der Waals surface area contributed by atoms with E-state index < -0.39 is 97.5 Å². The summed E-state index contributed by atoms with van der Waals surface area (Å²) in [5.74, 6) is -2.32. The lowest BCUT2D eigenvalue weighted by Gasteiger charge is -2.21. The number of rotatable bonds is 72. The van der Waals surface area contributed by atoms with Crippen molar-refractivity contribution in [3.8, 4) is 0 Å². The molecular formula is C83H138O17P2. The molecule has 0 aromatic carbocycles. The Balaban J connectivity index is 5.43. The van der Waals surface area contributed by atoms with Gasteiger partial charge in [0.15, 0.2) is 12.2 Å². The van der Waals surface area contributed by atoms with Gasteiger partial charge < -0.3 is 33.8 Å². The summed E-state index contributed by atoms with van der Waals surface area (Å²) < 4.78 is 68.4. The lowest BCUT2D eigenvalue weighted by atomic mass is 10.1. The standard InChI is InChI=1S/C83H138O17P2/c1-5-9-13-17-21-25-29-32-35-37-38-40-43-45-49-52-56-60-64-68-81(86)94-74-79(100-83(88)70-66-62-58-54-50-46-41-34-31-27-23-19-15-11-7-3)76-98-102(91,92)96-72-77(84)71-95-101(89,90)97-75-78(99-82(87)69-65-61-57-53-47-28-24-20-16-12-8-4)73-93-80(85)67-63-59-55-51-48-44-42-39-36-33-30-26-22-18-14-10-6-2/h9-10,13-14,20-22,24-26,32-36,38,40-42,44-45,49,56,60,77-79,84H,5-8,11-12,15-19,23,27-31,37,39,43,46-48,50-55,57-59,61-76H2,1-4H3,(H,89,90)(H,91,92)/b13-9-,14-10-,24-20-,25-21-,26-22-,35-32-,36-33-,40-38-,41-34-,44-42-,49-45-,60-56-. The molecule has 0 saturated heterocycles. The second-order valence-electron chi connectivity index (χ2n) is 25.5. The number of allylic oxidation sites excluding steroid dienone is 24. The Hall–Kier alpha value is -5.06. The van der Waals surface area contributed by atoms with Gasteiger partial charge in [0, 0.05) is 25.7 Å². The van der Waals surface area contributed by atoms with Crippen LogP contribution in [-0.2, 0) is 65.4 Å². The van der Waals surface area contributed by atoms with Gasteiger partial charge in [0.25, 0.3) is 0 Å². The number of phosphoric acid groups is 2. The summed E-state index contributed by atoms with van der Waals surface area (Å²) in [6, 6.07) is 0. The first-order valence-electron chi connectivity index (χ1n) is 39.1. The predicted octanol–water partition coefficient (Wildman–Crippen LogP) is 22.7. The molecule has 5 atom stereocenters. The van der Waals surface area contributed by atoms with Crippen molar-refractivity contribution in [2.24, 2.45) is 0 Å². The molecule has 0 bridgehead atoms. The first-order chi connectivity index (χ1) is 49.7. The third-order valence-electron chi connectivity index (χ3n) is 15.8. The van der Waals surface area contributed by atoms with Gasteiger partial charge in [-0.05, 0) is 148 Å². The molecule has 0 radical (unpaired) electrons. The first-order valence-corrected chi connectivity index (χ1v) is 42.1. The molecule has 0 rings (SSSR count). The lowest BCUT2D eigenvalue weighted by Crippen LogP contribution is -2.30. The Bertz CT molecular complexity index is 2510. The molecule has 5 unspecified atom stereocenters. The van der Waals surface area contributed by atoms with Gasteiger partial charge in [0.05, 0.1) is 26.4 Å². The molecule has 0 spiro atoms. The molecule has 17 nitrogen and oxygen atoms in total. The fourth-order valence-electron chi connectivity index (χ4n) is 9.86. The van der Waals surface area contributed by atoms with Crippen LogP contribution >= 0.6 is 15.6 Å². The van der Waals surface area contributed by atoms with E-state index >= 15 is 0 Å². The Labute approximate surface area is 617 Å². The van der Waals surface area contributed by atoms with Gasteiger partial charge in [-0.1, -0.05) is 270 Å². The van der Waals surface area contributed by atoms with Gasteiger partial charge in [-0.2, -0.15) is 0 Å². The van der Waals surface area contributed by atoms with Crippen LogP contribution in [-0.4, -0.2) is 96.7 Å². The number of unbranched alkanes of at least 4 members (excludes halogenated alkanes) is 22. The van der Waals surface area contributed by atoms with Crippen molar-refractivity contribution in [1.29, 1.82) is 0 Å². The monoisotopic (exact) mass is 1470 g/mol. The highest BCUT2D eigenvalue weighted by Crippen LogP contribution is 2.45. The molecule has 582 valence electrons. The molecular weight excluding hydrogens is 1330 g/mol. The van der Waals surface area contributed by atoms with Crippen molar-refractivity contribution in [2.75, 3.05) is 39.6 Å². The average Bonchev–Trinajstić information content (AvgIpc) is 0.939. The van der Waals surface area contributed by atoms with E-state index in [2.05, 4.69) is 155 Å². The molecule has 0 aliphatic rings. The van der Waals surface area contributed by atoms with E-state index in [-0.39, 0.29) is 25.7 Å². The second-order valence-corrected chi connectivity index (χ2v) is 28.4. The quantitative estimate of drug-likeness (QED) is 0.0169. The molecule has 0 amide bonds. The normalized spacial score (nSPS) is 14.7. The highest BCUT2D eigenvalue weighted by Gasteiger charge is 2.30. The molecule has 19 heteroatoms. The smallest absolute Gasteiger partial charge is 0.462 e. The highest BCUT2D eigenvalue weighted by atomic mass is 31.2. The van der Waals surface area contributed by atoms with Crippen molar-refractivity contribution in [1.82, 2.24) is 0 Å². The van der Waals surface area contributed by atoms with Gasteiger partial charge in [-0.3, -0.25) is 37.3 Å². The average molecular weight is 1470 g/mol. The second kappa shape index (κ2) is 74.2. The Morgan fingerprint density at radius 3 is 0.882 bits per heavy atom. The Kier molecular flexibility index (Phi) is 70.5. The summed E-state index contributed by atoms with van der Waals surface area (Å²) in [5, 5.41) is 10.6. The van der Waals surface area contributed by atoms with E-state index in [9.17, 15) is 43.2 Å². The molecule has 0 heterocycles. The molecule has 0 aliphatic carbocycles. The fraction of sp³-hybridized carbons (Fsp3) is 0.663. The summed E-state index contributed by atoms with van der Waals surface area (Å²) in [5.41, 5.74) is 0. The van der Waals surface area contributed by atoms with E-state index in [1.54, 1.807) is 0 Å². The van der Waals surface area contributed by atoms with Crippen LogP contribution in [0.4, 0.5) is 0 Å². The first kappa shape index (κ1) is 96.9. The number of hydrogen-bond donors (Lipinski definition) is 3. The molecule has 3 N–H and O–H groups in total. The van der Waals surface area contributed by atoms with E-state index in [4.69, 9.17) is 37.0 Å². The summed E-state index contributed by atoms with van der Waals surface area (Å²) in [6.45, 7) is 4.46. The maximum Gasteiger partial charge on any atom is 0.472 e. The topological polar surface area (TPSA) is 237 Å². The van der Waals surface area contributed by atoms with E-state index in [0.29, 0.717) is 32.1 Å². The van der Waals surface area contributed by atoms with Gasteiger partial charge in [-0.25, -0.2) is 9.13 Å². The van der Waals surface area contributed by atoms with Crippen molar-refractivity contribution < 1.29 is 80.2 Å². The van der Waals surface area contributed by atoms with Crippen LogP contribution in [0.3, 0.4) is 0 Å². The van der Waals surface area contributed by atoms with Crippen LogP contribution in [0.2, 0.25) is 0 Å². The lowest BCUT2D eigenvalue weighted by molar-refractivity contribution is -0.161. The maximum absolute atomic E-state index is 13.1. The third-order valence-corrected chi connectivity index (χ3v) is 17.7. The fourth-order valence-corrected chi connectivity index (χ4v) is 11.4. The zero-order valence-corrected chi connectivity index (χ0v) is 65.3. The number of aliphatic hydroxyl groups is 1. The summed E-state index contributed by atoms with van der Waals surface area (Å²) in [7, 11) is -9.99. The van der Waals surface area contributed by atoms with E-state index in [0.717, 1.165) is 161 Å². The number of carbonyl (C=O) groups is 4.